The molecule has 0 fully saturated rings. The fourth-order valence-corrected chi connectivity index (χ4v) is 2.21. The molecule has 1 amide bonds. The number of carbonyl (C=O) groups is 1. The number of anilines is 1. The molecular weight excluding hydrogens is 280 g/mol. The first kappa shape index (κ1) is 18.5. The number of hydrogen-bond acceptors (Lipinski definition) is 4. The summed E-state index contributed by atoms with van der Waals surface area (Å²) in [5, 5.41) is 2.93. The molecule has 5 nitrogen and oxygen atoms in total. The lowest BCUT2D eigenvalue weighted by Crippen LogP contribution is -2.34. The lowest BCUT2D eigenvalue weighted by atomic mass is 10.3. The van der Waals surface area contributed by atoms with Crippen molar-refractivity contribution in [3.63, 3.8) is 0 Å². The van der Waals surface area contributed by atoms with Crippen LogP contribution in [-0.2, 0) is 9.53 Å². The van der Waals surface area contributed by atoms with E-state index in [-0.39, 0.29) is 5.91 Å². The number of amides is 1. The van der Waals surface area contributed by atoms with Gasteiger partial charge in [0.2, 0.25) is 5.91 Å². The van der Waals surface area contributed by atoms with Gasteiger partial charge in [0.05, 0.1) is 13.2 Å². The number of carbonyl (C=O) groups excluding carboxylic acids is 1. The molecule has 0 aliphatic heterocycles. The summed E-state index contributed by atoms with van der Waals surface area (Å²) in [6.07, 6.45) is 2.10. The highest BCUT2D eigenvalue weighted by Gasteiger charge is 2.09. The molecular formula is C17H28N2O3. The second kappa shape index (κ2) is 11.0. The summed E-state index contributed by atoms with van der Waals surface area (Å²) in [7, 11) is 1.64. The second-order valence-corrected chi connectivity index (χ2v) is 5.19. The van der Waals surface area contributed by atoms with Gasteiger partial charge in [0.25, 0.3) is 0 Å². The predicted molar refractivity (Wildman–Crippen MR) is 89.5 cm³/mol. The molecule has 0 bridgehead atoms. The van der Waals surface area contributed by atoms with Gasteiger partial charge in [-0.25, -0.2) is 0 Å². The highest BCUT2D eigenvalue weighted by atomic mass is 16.5. The van der Waals surface area contributed by atoms with Crippen LogP contribution >= 0.6 is 0 Å². The average molecular weight is 308 g/mol. The summed E-state index contributed by atoms with van der Waals surface area (Å²) < 4.78 is 10.5. The lowest BCUT2D eigenvalue weighted by molar-refractivity contribution is -0.117. The molecule has 124 valence electrons. The third-order valence-corrected chi connectivity index (χ3v) is 3.12. The minimum absolute atomic E-state index is 0.0101. The van der Waals surface area contributed by atoms with Crippen LogP contribution in [0, 0.1) is 0 Å². The second-order valence-electron chi connectivity index (χ2n) is 5.19. The zero-order valence-electron chi connectivity index (χ0n) is 13.9. The lowest BCUT2D eigenvalue weighted by Gasteiger charge is -2.20. The van der Waals surface area contributed by atoms with E-state index in [1.807, 2.05) is 24.3 Å². The van der Waals surface area contributed by atoms with Gasteiger partial charge in [-0.3, -0.25) is 9.69 Å². The largest absolute Gasteiger partial charge is 0.491 e. The van der Waals surface area contributed by atoms with Crippen LogP contribution in [-0.4, -0.2) is 50.8 Å². The summed E-state index contributed by atoms with van der Waals surface area (Å²) in [6.45, 7) is 7.61. The number of nitrogens with zero attached hydrogens (tertiary/aromatic N) is 1. The van der Waals surface area contributed by atoms with Gasteiger partial charge < -0.3 is 14.8 Å². The topological polar surface area (TPSA) is 50.8 Å². The molecule has 1 rings (SSSR count). The Morgan fingerprint density at radius 2 is 1.91 bits per heavy atom. The van der Waals surface area contributed by atoms with E-state index in [0.717, 1.165) is 37.4 Å². The van der Waals surface area contributed by atoms with Gasteiger partial charge in [0.15, 0.2) is 0 Å². The molecule has 0 saturated carbocycles. The highest BCUT2D eigenvalue weighted by molar-refractivity contribution is 5.92. The number of methoxy groups -OCH3 is 1. The average Bonchev–Trinajstić information content (AvgIpc) is 2.48. The van der Waals surface area contributed by atoms with Crippen molar-refractivity contribution in [2.45, 2.75) is 26.7 Å². The van der Waals surface area contributed by atoms with E-state index in [0.29, 0.717) is 19.8 Å². The van der Waals surface area contributed by atoms with Crippen LogP contribution in [0.5, 0.6) is 5.75 Å². The van der Waals surface area contributed by atoms with Crippen LogP contribution in [0.4, 0.5) is 5.69 Å². The summed E-state index contributed by atoms with van der Waals surface area (Å²) in [5.41, 5.74) is 0.757. The van der Waals surface area contributed by atoms with E-state index in [1.54, 1.807) is 7.11 Å². The fraction of sp³-hybridized carbons (Fsp3) is 0.588. The molecule has 22 heavy (non-hydrogen) atoms. The van der Waals surface area contributed by atoms with Gasteiger partial charge >= 0.3 is 0 Å². The molecule has 1 aromatic carbocycles. The molecule has 0 aliphatic carbocycles. The minimum Gasteiger partial charge on any atom is -0.491 e. The zero-order chi connectivity index (χ0) is 16.2. The Morgan fingerprint density at radius 3 is 2.55 bits per heavy atom. The van der Waals surface area contributed by atoms with Gasteiger partial charge in [-0.05, 0) is 38.1 Å². The van der Waals surface area contributed by atoms with Crippen LogP contribution in [0.25, 0.3) is 0 Å². The zero-order valence-corrected chi connectivity index (χ0v) is 13.9. The number of ether oxygens (including phenoxy) is 2. The number of rotatable bonds is 11. The van der Waals surface area contributed by atoms with Crippen molar-refractivity contribution >= 4 is 11.6 Å². The molecule has 1 aromatic rings. The van der Waals surface area contributed by atoms with Crippen LogP contribution in [0.1, 0.15) is 26.7 Å². The van der Waals surface area contributed by atoms with Crippen molar-refractivity contribution in [1.29, 1.82) is 0 Å². The van der Waals surface area contributed by atoms with Gasteiger partial charge in [0.1, 0.15) is 12.4 Å². The molecule has 0 aliphatic rings. The molecule has 0 heterocycles. The molecule has 1 N–H and O–H groups in total. The van der Waals surface area contributed by atoms with Crippen LogP contribution in [0.2, 0.25) is 0 Å². The van der Waals surface area contributed by atoms with Crippen molar-refractivity contribution in [3.8, 4) is 5.75 Å². The molecule has 0 saturated heterocycles. The summed E-state index contributed by atoms with van der Waals surface area (Å²) in [5.74, 6) is 0.741. The molecule has 0 unspecified atom stereocenters. The Kier molecular flexibility index (Phi) is 9.26. The third kappa shape index (κ3) is 7.43. The molecule has 5 heteroatoms. The first-order valence-electron chi connectivity index (χ1n) is 7.93. The van der Waals surface area contributed by atoms with Gasteiger partial charge in [-0.1, -0.05) is 19.9 Å². The van der Waals surface area contributed by atoms with Crippen molar-refractivity contribution in [3.05, 3.63) is 24.3 Å². The standard InChI is InChI=1S/C17H28N2O3/c1-4-9-19(10-5-2)14-17(20)18-15-7-6-8-16(13-15)22-12-11-21-3/h6-8,13H,4-5,9-12,14H2,1-3H3,(H,18,20). The predicted octanol–water partition coefficient (Wildman–Crippen LogP) is 2.77. The summed E-state index contributed by atoms with van der Waals surface area (Å²) in [6, 6.07) is 7.43. The Labute approximate surface area is 133 Å². The number of benzene rings is 1. The van der Waals surface area contributed by atoms with E-state index in [1.165, 1.54) is 0 Å². The van der Waals surface area contributed by atoms with E-state index >= 15 is 0 Å². The Balaban J connectivity index is 2.50. The van der Waals surface area contributed by atoms with Crippen molar-refractivity contribution in [2.24, 2.45) is 0 Å². The first-order chi connectivity index (χ1) is 10.7. The van der Waals surface area contributed by atoms with E-state index in [2.05, 4.69) is 24.1 Å². The van der Waals surface area contributed by atoms with Gasteiger partial charge in [-0.15, -0.1) is 0 Å². The quantitative estimate of drug-likeness (QED) is 0.639. The van der Waals surface area contributed by atoms with E-state index in [4.69, 9.17) is 9.47 Å². The maximum atomic E-state index is 12.1. The fourth-order valence-electron chi connectivity index (χ4n) is 2.21. The Morgan fingerprint density at radius 1 is 1.18 bits per heavy atom. The Bertz CT molecular complexity index is 432. The van der Waals surface area contributed by atoms with Crippen LogP contribution < -0.4 is 10.1 Å². The van der Waals surface area contributed by atoms with Gasteiger partial charge in [0, 0.05) is 18.9 Å². The van der Waals surface area contributed by atoms with Crippen molar-refractivity contribution in [2.75, 3.05) is 45.3 Å². The molecule has 0 radical (unpaired) electrons. The maximum absolute atomic E-state index is 12.1. The summed E-state index contributed by atoms with van der Waals surface area (Å²) >= 11 is 0. The normalized spacial score (nSPS) is 10.7. The first-order valence-corrected chi connectivity index (χ1v) is 7.93. The number of hydrogen-bond donors (Lipinski definition) is 1. The van der Waals surface area contributed by atoms with Crippen molar-refractivity contribution < 1.29 is 14.3 Å². The monoisotopic (exact) mass is 308 g/mol. The minimum atomic E-state index is 0.0101. The van der Waals surface area contributed by atoms with Crippen LogP contribution in [0.3, 0.4) is 0 Å². The third-order valence-electron chi connectivity index (χ3n) is 3.12. The van der Waals surface area contributed by atoms with Crippen molar-refractivity contribution in [1.82, 2.24) is 4.90 Å². The van der Waals surface area contributed by atoms with E-state index in [9.17, 15) is 4.79 Å². The smallest absolute Gasteiger partial charge is 0.238 e. The SMILES string of the molecule is CCCN(CCC)CC(=O)Nc1cccc(OCCOC)c1. The van der Waals surface area contributed by atoms with Crippen LogP contribution in [0.15, 0.2) is 24.3 Å². The maximum Gasteiger partial charge on any atom is 0.238 e. The molecule has 0 aromatic heterocycles. The number of nitrogens with one attached hydrogen (secondary N) is 1. The van der Waals surface area contributed by atoms with Gasteiger partial charge in [-0.2, -0.15) is 0 Å². The summed E-state index contributed by atoms with van der Waals surface area (Å²) in [4.78, 5) is 14.3. The molecule has 0 spiro atoms. The molecule has 0 atom stereocenters. The van der Waals surface area contributed by atoms with E-state index < -0.39 is 0 Å². The highest BCUT2D eigenvalue weighted by Crippen LogP contribution is 2.17. The Hall–Kier alpha value is -1.59.